The fourth-order valence-electron chi connectivity index (χ4n) is 1.79. The summed E-state index contributed by atoms with van der Waals surface area (Å²) in [4.78, 5) is 0. The molecule has 1 heterocycles. The van der Waals surface area contributed by atoms with Gasteiger partial charge in [-0.15, -0.1) is 0 Å². The number of hydrogen-bond donors (Lipinski definition) is 0. The van der Waals surface area contributed by atoms with Crippen molar-refractivity contribution in [1.29, 1.82) is 0 Å². The minimum Gasteiger partial charge on any atom is -0.229 e. The zero-order chi connectivity index (χ0) is 12.4. The Hall–Kier alpha value is 0.150. The molecule has 8 heteroatoms. The third-order valence-corrected chi connectivity index (χ3v) is 5.95. The van der Waals surface area contributed by atoms with Gasteiger partial charge in [0.05, 0.1) is 11.5 Å². The van der Waals surface area contributed by atoms with Gasteiger partial charge in [-0.3, -0.25) is 0 Å². The maximum absolute atomic E-state index is 11.3. The predicted molar refractivity (Wildman–Crippen MR) is 63.4 cm³/mol. The molecular weight excluding hydrogens is 274 g/mol. The zero-order valence-corrected chi connectivity index (χ0v) is 11.5. The quantitative estimate of drug-likeness (QED) is 0.701. The van der Waals surface area contributed by atoms with E-state index in [4.69, 9.17) is 10.7 Å². The molecule has 1 rings (SSSR count). The molecule has 0 amide bonds. The van der Waals surface area contributed by atoms with Crippen molar-refractivity contribution in [1.82, 2.24) is 4.31 Å². The number of halogens is 1. The van der Waals surface area contributed by atoms with Crippen molar-refractivity contribution >= 4 is 29.8 Å². The summed E-state index contributed by atoms with van der Waals surface area (Å²) in [5.41, 5.74) is 0. The van der Waals surface area contributed by atoms with Gasteiger partial charge in [-0.1, -0.05) is 13.3 Å². The van der Waals surface area contributed by atoms with Crippen LogP contribution in [0.5, 0.6) is 0 Å². The molecule has 0 aliphatic carbocycles. The highest BCUT2D eigenvalue weighted by Crippen LogP contribution is 2.22. The van der Waals surface area contributed by atoms with Crippen LogP contribution in [0.15, 0.2) is 0 Å². The summed E-state index contributed by atoms with van der Waals surface area (Å²) >= 11 is 0. The van der Waals surface area contributed by atoms with E-state index in [1.165, 1.54) is 0 Å². The molecule has 16 heavy (non-hydrogen) atoms. The first-order valence-corrected chi connectivity index (χ1v) is 9.27. The zero-order valence-electron chi connectivity index (χ0n) is 9.09. The molecule has 0 N–H and O–H groups in total. The molecule has 0 spiro atoms. The van der Waals surface area contributed by atoms with Crippen LogP contribution in [0.1, 0.15) is 26.2 Å². The van der Waals surface area contributed by atoms with Gasteiger partial charge in [0, 0.05) is 23.3 Å². The second-order valence-corrected chi connectivity index (χ2v) is 8.66. The summed E-state index contributed by atoms with van der Waals surface area (Å²) in [6.07, 6.45) is 1.86. The molecule has 1 unspecified atom stereocenters. The smallest absolute Gasteiger partial charge is 0.229 e. The van der Waals surface area contributed by atoms with Crippen molar-refractivity contribution in [2.45, 2.75) is 32.2 Å². The molecule has 96 valence electrons. The van der Waals surface area contributed by atoms with Gasteiger partial charge in [0.25, 0.3) is 9.24 Å². The van der Waals surface area contributed by atoms with E-state index in [1.54, 1.807) is 0 Å². The van der Waals surface area contributed by atoms with Crippen molar-refractivity contribution in [2.24, 2.45) is 0 Å². The Morgan fingerprint density at radius 1 is 1.44 bits per heavy atom. The van der Waals surface area contributed by atoms with Crippen LogP contribution in [0, 0.1) is 0 Å². The number of nitrogens with zero attached hydrogens (tertiary/aromatic N) is 1. The van der Waals surface area contributed by atoms with Gasteiger partial charge in [0.1, 0.15) is 0 Å². The van der Waals surface area contributed by atoms with Gasteiger partial charge >= 0.3 is 0 Å². The maximum atomic E-state index is 11.3. The standard InChI is InChI=1S/C8H16ClNO4S2/c1-2-3-5-10(16(9,13)14)8-4-6-15(11,12)7-8/h8H,2-7H2,1H3. The van der Waals surface area contributed by atoms with Crippen LogP contribution in [0.2, 0.25) is 0 Å². The number of rotatable bonds is 5. The Bertz CT molecular complexity index is 431. The summed E-state index contributed by atoms with van der Waals surface area (Å²) in [5.74, 6) is -0.0602. The highest BCUT2D eigenvalue weighted by Gasteiger charge is 2.36. The Kier molecular flexibility index (Phi) is 4.62. The number of unbranched alkanes of at least 4 members (excludes halogenated alkanes) is 1. The molecule has 1 aliphatic rings. The minimum atomic E-state index is -3.83. The molecule has 1 atom stereocenters. The second kappa shape index (κ2) is 5.20. The van der Waals surface area contributed by atoms with Crippen LogP contribution in [-0.4, -0.2) is 45.2 Å². The fourth-order valence-corrected chi connectivity index (χ4v) is 5.04. The van der Waals surface area contributed by atoms with E-state index in [0.717, 1.165) is 10.7 Å². The van der Waals surface area contributed by atoms with E-state index in [9.17, 15) is 16.8 Å². The molecule has 5 nitrogen and oxygen atoms in total. The van der Waals surface area contributed by atoms with Crippen molar-refractivity contribution in [3.63, 3.8) is 0 Å². The molecule has 0 aromatic carbocycles. The fraction of sp³-hybridized carbons (Fsp3) is 1.00. The Balaban J connectivity index is 2.79. The topological polar surface area (TPSA) is 71.5 Å². The second-order valence-electron chi connectivity index (χ2n) is 3.96. The highest BCUT2D eigenvalue weighted by atomic mass is 35.7. The van der Waals surface area contributed by atoms with Crippen LogP contribution in [0.4, 0.5) is 0 Å². The Labute approximate surface area is 101 Å². The lowest BCUT2D eigenvalue weighted by atomic mass is 10.2. The lowest BCUT2D eigenvalue weighted by Crippen LogP contribution is -2.39. The van der Waals surface area contributed by atoms with E-state index >= 15 is 0 Å². The largest absolute Gasteiger partial charge is 0.300 e. The van der Waals surface area contributed by atoms with Crippen molar-refractivity contribution < 1.29 is 16.8 Å². The van der Waals surface area contributed by atoms with E-state index in [0.29, 0.717) is 19.4 Å². The molecule has 1 saturated heterocycles. The van der Waals surface area contributed by atoms with E-state index in [2.05, 4.69) is 0 Å². The molecular formula is C8H16ClNO4S2. The molecule has 0 aromatic heterocycles. The first kappa shape index (κ1) is 14.2. The Morgan fingerprint density at radius 3 is 2.44 bits per heavy atom. The molecule has 0 bridgehead atoms. The third-order valence-electron chi connectivity index (χ3n) is 2.63. The average molecular weight is 290 g/mol. The lowest BCUT2D eigenvalue weighted by Gasteiger charge is -2.23. The molecule has 0 aromatic rings. The van der Waals surface area contributed by atoms with Gasteiger partial charge in [0.2, 0.25) is 0 Å². The summed E-state index contributed by atoms with van der Waals surface area (Å²) in [5, 5.41) is 0. The summed E-state index contributed by atoms with van der Waals surface area (Å²) in [6, 6.07) is -0.487. The SMILES string of the molecule is CCCCN(C1CCS(=O)(=O)C1)S(=O)(=O)Cl. The van der Waals surface area contributed by atoms with Crippen LogP contribution >= 0.6 is 10.7 Å². The van der Waals surface area contributed by atoms with Gasteiger partial charge in [0.15, 0.2) is 9.84 Å². The first-order chi connectivity index (χ1) is 7.26. The predicted octanol–water partition coefficient (Wildman–Crippen LogP) is 0.759. The summed E-state index contributed by atoms with van der Waals surface area (Å²) in [6.45, 7) is 2.23. The molecule has 1 fully saturated rings. The van der Waals surface area contributed by atoms with Gasteiger partial charge in [-0.05, 0) is 12.8 Å². The van der Waals surface area contributed by atoms with E-state index in [-0.39, 0.29) is 11.5 Å². The van der Waals surface area contributed by atoms with Crippen molar-refractivity contribution in [2.75, 3.05) is 18.1 Å². The minimum absolute atomic E-state index is 0.0483. The van der Waals surface area contributed by atoms with Crippen LogP contribution < -0.4 is 0 Å². The van der Waals surface area contributed by atoms with Crippen LogP contribution in [0.25, 0.3) is 0 Å². The van der Waals surface area contributed by atoms with E-state index in [1.807, 2.05) is 6.92 Å². The van der Waals surface area contributed by atoms with Gasteiger partial charge in [-0.25, -0.2) is 8.42 Å². The average Bonchev–Trinajstić information content (AvgIpc) is 2.44. The molecule has 1 aliphatic heterocycles. The number of hydrogen-bond acceptors (Lipinski definition) is 4. The van der Waals surface area contributed by atoms with Crippen LogP contribution in [-0.2, 0) is 19.1 Å². The normalized spacial score (nSPS) is 25.1. The first-order valence-electron chi connectivity index (χ1n) is 5.18. The van der Waals surface area contributed by atoms with E-state index < -0.39 is 25.1 Å². The lowest BCUT2D eigenvalue weighted by molar-refractivity contribution is 0.342. The Morgan fingerprint density at radius 2 is 2.06 bits per heavy atom. The summed E-state index contributed by atoms with van der Waals surface area (Å²) < 4.78 is 46.3. The van der Waals surface area contributed by atoms with Crippen LogP contribution in [0.3, 0.4) is 0 Å². The van der Waals surface area contributed by atoms with Crippen molar-refractivity contribution in [3.8, 4) is 0 Å². The maximum Gasteiger partial charge on any atom is 0.300 e. The van der Waals surface area contributed by atoms with Gasteiger partial charge in [-0.2, -0.15) is 12.7 Å². The van der Waals surface area contributed by atoms with Gasteiger partial charge < -0.3 is 0 Å². The number of sulfone groups is 1. The summed E-state index contributed by atoms with van der Waals surface area (Å²) in [7, 11) is -1.61. The van der Waals surface area contributed by atoms with Crippen molar-refractivity contribution in [3.05, 3.63) is 0 Å². The molecule has 0 saturated carbocycles. The third kappa shape index (κ3) is 3.87. The highest BCUT2D eigenvalue weighted by molar-refractivity contribution is 8.11. The monoisotopic (exact) mass is 289 g/mol. The molecule has 0 radical (unpaired) electrons.